The topological polar surface area (TPSA) is 108 Å². The third kappa shape index (κ3) is 8.47. The van der Waals surface area contributed by atoms with Crippen molar-refractivity contribution in [2.24, 2.45) is 0 Å². The van der Waals surface area contributed by atoms with E-state index in [1.54, 1.807) is 20.8 Å². The van der Waals surface area contributed by atoms with Gasteiger partial charge in [0.05, 0.1) is 0 Å². The van der Waals surface area contributed by atoms with Crippen molar-refractivity contribution < 1.29 is 24.5 Å². The van der Waals surface area contributed by atoms with Crippen LogP contribution in [0.3, 0.4) is 0 Å². The van der Waals surface area contributed by atoms with Crippen molar-refractivity contribution in [1.29, 1.82) is 0 Å². The van der Waals surface area contributed by atoms with Crippen LogP contribution in [0.2, 0.25) is 0 Å². The van der Waals surface area contributed by atoms with Gasteiger partial charge in [-0.05, 0) is 27.7 Å². The molecule has 2 atom stereocenters. The minimum absolute atomic E-state index is 0.0910. The molecular formula is C10H20N2O5. The molecule has 0 saturated carbocycles. The highest BCUT2D eigenvalue weighted by atomic mass is 16.6. The van der Waals surface area contributed by atoms with Crippen LogP contribution in [0.5, 0.6) is 0 Å². The van der Waals surface area contributed by atoms with Crippen LogP contribution in [-0.2, 0) is 9.53 Å². The fraction of sp³-hybridized carbons (Fsp3) is 0.800. The summed E-state index contributed by atoms with van der Waals surface area (Å²) in [6, 6.07) is -1.15. The van der Waals surface area contributed by atoms with E-state index in [-0.39, 0.29) is 6.54 Å². The molecule has 100 valence electrons. The Morgan fingerprint density at radius 2 is 1.88 bits per heavy atom. The number of aliphatic carboxylic acids is 1. The lowest BCUT2D eigenvalue weighted by atomic mass is 10.2. The monoisotopic (exact) mass is 248 g/mol. The Hall–Kier alpha value is -1.34. The number of carboxylic acids is 1. The van der Waals surface area contributed by atoms with Gasteiger partial charge in [-0.3, -0.25) is 5.32 Å². The molecule has 0 rings (SSSR count). The molecule has 0 aromatic rings. The van der Waals surface area contributed by atoms with Crippen LogP contribution in [0.15, 0.2) is 0 Å². The van der Waals surface area contributed by atoms with Crippen molar-refractivity contribution in [3.05, 3.63) is 0 Å². The van der Waals surface area contributed by atoms with Crippen molar-refractivity contribution >= 4 is 12.1 Å². The molecule has 4 N–H and O–H groups in total. The molecule has 0 unspecified atom stereocenters. The summed E-state index contributed by atoms with van der Waals surface area (Å²) >= 11 is 0. The zero-order chi connectivity index (χ0) is 13.6. The van der Waals surface area contributed by atoms with Gasteiger partial charge in [0.1, 0.15) is 17.9 Å². The summed E-state index contributed by atoms with van der Waals surface area (Å²) < 4.78 is 4.92. The first-order valence-corrected chi connectivity index (χ1v) is 5.25. The van der Waals surface area contributed by atoms with Gasteiger partial charge in [0.2, 0.25) is 0 Å². The van der Waals surface area contributed by atoms with E-state index >= 15 is 0 Å². The Morgan fingerprint density at radius 3 is 2.24 bits per heavy atom. The molecule has 0 heterocycles. The summed E-state index contributed by atoms with van der Waals surface area (Å²) in [6.45, 7) is 6.39. The Balaban J connectivity index is 4.26. The number of alkyl carbamates (subject to hydrolysis) is 1. The van der Waals surface area contributed by atoms with Crippen LogP contribution in [-0.4, -0.2) is 46.7 Å². The number of amides is 1. The largest absolute Gasteiger partial charge is 0.480 e. The third-order valence-corrected chi connectivity index (χ3v) is 1.61. The second-order valence-corrected chi connectivity index (χ2v) is 4.62. The van der Waals surface area contributed by atoms with Gasteiger partial charge < -0.3 is 20.3 Å². The minimum atomic E-state index is -1.20. The van der Waals surface area contributed by atoms with Gasteiger partial charge in [-0.15, -0.1) is 0 Å². The lowest BCUT2D eigenvalue weighted by molar-refractivity contribution is -0.139. The summed E-state index contributed by atoms with van der Waals surface area (Å²) in [7, 11) is 0. The lowest BCUT2D eigenvalue weighted by Gasteiger charge is -2.22. The molecule has 0 aromatic heterocycles. The van der Waals surface area contributed by atoms with Crippen molar-refractivity contribution in [2.45, 2.75) is 45.6 Å². The molecule has 17 heavy (non-hydrogen) atoms. The van der Waals surface area contributed by atoms with Gasteiger partial charge in [-0.2, -0.15) is 0 Å². The van der Waals surface area contributed by atoms with E-state index in [1.165, 1.54) is 6.92 Å². The van der Waals surface area contributed by atoms with Gasteiger partial charge >= 0.3 is 12.1 Å². The van der Waals surface area contributed by atoms with Crippen LogP contribution in [0.1, 0.15) is 27.7 Å². The molecule has 7 heteroatoms. The predicted molar refractivity (Wildman–Crippen MR) is 60.5 cm³/mol. The second kappa shape index (κ2) is 6.41. The number of ether oxygens (including phenoxy) is 1. The smallest absolute Gasteiger partial charge is 0.408 e. The van der Waals surface area contributed by atoms with E-state index < -0.39 is 29.9 Å². The number of carboxylic acid groups (broad SMARTS) is 1. The highest BCUT2D eigenvalue weighted by Gasteiger charge is 2.23. The third-order valence-electron chi connectivity index (χ3n) is 1.61. The quantitative estimate of drug-likeness (QED) is 0.506. The standard InChI is InChI=1S/C10H20N2O5/c1-6(13)11-5-7(8(14)15)12-9(16)17-10(2,3)4/h6-7,11,13H,5H2,1-4H3,(H,12,16)(H,14,15)/t6-,7-/m0/s1. The fourth-order valence-corrected chi connectivity index (χ4v) is 0.938. The minimum Gasteiger partial charge on any atom is -0.480 e. The Morgan fingerprint density at radius 1 is 1.35 bits per heavy atom. The van der Waals surface area contributed by atoms with Crippen molar-refractivity contribution in [3.8, 4) is 0 Å². The van der Waals surface area contributed by atoms with E-state index in [1.807, 2.05) is 0 Å². The predicted octanol–water partition coefficient (Wildman–Crippen LogP) is -0.108. The maximum atomic E-state index is 11.3. The first kappa shape index (κ1) is 15.7. The molecule has 0 spiro atoms. The molecule has 0 aliphatic carbocycles. The van der Waals surface area contributed by atoms with E-state index in [0.29, 0.717) is 0 Å². The first-order valence-electron chi connectivity index (χ1n) is 5.25. The molecular weight excluding hydrogens is 228 g/mol. The number of carbonyl (C=O) groups excluding carboxylic acids is 1. The van der Waals surface area contributed by atoms with E-state index in [2.05, 4.69) is 10.6 Å². The molecule has 0 saturated heterocycles. The van der Waals surface area contributed by atoms with Crippen LogP contribution >= 0.6 is 0 Å². The maximum Gasteiger partial charge on any atom is 0.408 e. The highest BCUT2D eigenvalue weighted by Crippen LogP contribution is 2.06. The van der Waals surface area contributed by atoms with Crippen molar-refractivity contribution in [3.63, 3.8) is 0 Å². The van der Waals surface area contributed by atoms with Crippen LogP contribution < -0.4 is 10.6 Å². The van der Waals surface area contributed by atoms with Crippen molar-refractivity contribution in [1.82, 2.24) is 10.6 Å². The number of hydrogen-bond acceptors (Lipinski definition) is 5. The molecule has 0 radical (unpaired) electrons. The van der Waals surface area contributed by atoms with Crippen LogP contribution in [0, 0.1) is 0 Å². The van der Waals surface area contributed by atoms with E-state index in [0.717, 1.165) is 0 Å². The van der Waals surface area contributed by atoms with Gasteiger partial charge in [-0.1, -0.05) is 0 Å². The molecule has 0 bridgehead atoms. The van der Waals surface area contributed by atoms with E-state index in [4.69, 9.17) is 14.9 Å². The normalized spacial score (nSPS) is 14.9. The molecule has 1 amide bonds. The summed E-state index contributed by atoms with van der Waals surface area (Å²) in [4.78, 5) is 22.2. The summed E-state index contributed by atoms with van der Waals surface area (Å²) in [5.41, 5.74) is -0.690. The Labute approximate surface area is 100 Å². The summed E-state index contributed by atoms with van der Waals surface area (Å²) in [6.07, 6.45) is -1.66. The molecule has 0 aliphatic heterocycles. The number of hydrogen-bond donors (Lipinski definition) is 4. The van der Waals surface area contributed by atoms with Crippen LogP contribution in [0.4, 0.5) is 4.79 Å². The molecule has 7 nitrogen and oxygen atoms in total. The fourth-order valence-electron chi connectivity index (χ4n) is 0.938. The SMILES string of the molecule is C[C@H](O)NC[C@H](NC(=O)OC(C)(C)C)C(=O)O. The zero-order valence-corrected chi connectivity index (χ0v) is 10.5. The number of carbonyl (C=O) groups is 2. The Bertz CT molecular complexity index is 272. The second-order valence-electron chi connectivity index (χ2n) is 4.62. The number of aliphatic hydroxyl groups is 1. The van der Waals surface area contributed by atoms with E-state index in [9.17, 15) is 9.59 Å². The first-order chi connectivity index (χ1) is 7.61. The Kier molecular flexibility index (Phi) is 5.90. The molecule has 0 aliphatic rings. The van der Waals surface area contributed by atoms with Gasteiger partial charge in [0, 0.05) is 6.54 Å². The molecule has 0 fully saturated rings. The van der Waals surface area contributed by atoms with Gasteiger partial charge in [-0.25, -0.2) is 9.59 Å². The lowest BCUT2D eigenvalue weighted by Crippen LogP contribution is -2.50. The number of nitrogens with one attached hydrogen (secondary N) is 2. The number of aliphatic hydroxyl groups excluding tert-OH is 1. The number of rotatable bonds is 5. The van der Waals surface area contributed by atoms with Gasteiger partial charge in [0.15, 0.2) is 0 Å². The summed E-state index contributed by atoms with van der Waals surface area (Å²) in [5.74, 6) is -1.20. The zero-order valence-electron chi connectivity index (χ0n) is 10.5. The van der Waals surface area contributed by atoms with Gasteiger partial charge in [0.25, 0.3) is 0 Å². The molecule has 0 aromatic carbocycles. The highest BCUT2D eigenvalue weighted by molar-refractivity contribution is 5.80. The average molecular weight is 248 g/mol. The summed E-state index contributed by atoms with van der Waals surface area (Å²) in [5, 5.41) is 22.5. The van der Waals surface area contributed by atoms with Crippen molar-refractivity contribution in [2.75, 3.05) is 6.54 Å². The average Bonchev–Trinajstić information content (AvgIpc) is 2.08. The van der Waals surface area contributed by atoms with Crippen LogP contribution in [0.25, 0.3) is 0 Å². The maximum absolute atomic E-state index is 11.3.